The Morgan fingerprint density at radius 1 is 0.141 bits per heavy atom. The maximum Gasteiger partial charge on any atom is 0.221 e. The average Bonchev–Trinajstić information content (AvgIpc) is 4.09. The highest BCUT2D eigenvalue weighted by atomic mass is 31.3. The zero-order chi connectivity index (χ0) is 43.4. The molecule has 9 aliphatic rings. The molecule has 0 aromatic heterocycles. The monoisotopic (exact) mass is 965 g/mol. The van der Waals surface area contributed by atoms with Crippen LogP contribution < -0.4 is 0 Å². The largest absolute Gasteiger partial charge is 0.240 e. The van der Waals surface area contributed by atoms with Crippen LogP contribution in [0, 0.1) is 0 Å². The van der Waals surface area contributed by atoms with Crippen LogP contribution in [0.1, 0.15) is 205 Å². The van der Waals surface area contributed by atoms with Gasteiger partial charge in [-0.25, -0.2) is 37.4 Å². The zero-order valence-corrected chi connectivity index (χ0v) is 44.7. The highest BCUT2D eigenvalue weighted by Crippen LogP contribution is 2.84. The minimum absolute atomic E-state index is 1.15. The van der Waals surface area contributed by atoms with E-state index in [0.29, 0.717) is 0 Å². The molecule has 368 valence electrons. The molecule has 8 fully saturated rings. The highest BCUT2D eigenvalue weighted by Gasteiger charge is 2.52. The van der Waals surface area contributed by atoms with E-state index in [1.54, 1.807) is 0 Å². The fourth-order valence-corrected chi connectivity index (χ4v) is 35.2. The molecular weight excluding hydrogens is 869 g/mol. The van der Waals surface area contributed by atoms with Crippen molar-refractivity contribution in [3.63, 3.8) is 0 Å². The normalized spacial score (nSPS) is 31.8. The molecule has 16 heteroatoms. The van der Waals surface area contributed by atoms with Crippen molar-refractivity contribution in [2.45, 2.75) is 205 Å². The second-order valence-corrected chi connectivity index (χ2v) is 33.1. The van der Waals surface area contributed by atoms with Crippen molar-refractivity contribution in [3.8, 4) is 0 Å². The van der Waals surface area contributed by atoms with Crippen molar-refractivity contribution >= 4 is 30.0 Å². The standard InChI is InChI=1S/C48H96N12P4/c1-2-18-34-53(33-17-1)61(54-35-19-3-4-20-36-54)49-62(55-37-21-5-6-22-38-55,56-39-23-7-8-24-40-56)51-64(59-45-29-13-14-30-46-59,60-47-31-15-16-32-48-60)52-63(50-61,57-41-25-9-10-26-42-57)58-43-27-11-12-28-44-58/h1-48H2. The van der Waals surface area contributed by atoms with Crippen molar-refractivity contribution in [3.05, 3.63) is 0 Å². The van der Waals surface area contributed by atoms with E-state index < -0.39 is 30.0 Å². The van der Waals surface area contributed by atoms with Crippen molar-refractivity contribution in [1.82, 2.24) is 37.4 Å². The van der Waals surface area contributed by atoms with Gasteiger partial charge in [-0.1, -0.05) is 103 Å². The molecule has 0 N–H and O–H groups in total. The average molecular weight is 965 g/mol. The fourth-order valence-electron chi connectivity index (χ4n) is 12.9. The van der Waals surface area contributed by atoms with Crippen LogP contribution in [-0.4, -0.2) is 142 Å². The first-order chi connectivity index (χ1) is 31.7. The maximum absolute atomic E-state index is 7.31. The van der Waals surface area contributed by atoms with Gasteiger partial charge in [-0.2, -0.15) is 18.1 Å². The lowest BCUT2D eigenvalue weighted by Crippen LogP contribution is -2.40. The van der Waals surface area contributed by atoms with Crippen LogP contribution in [0.3, 0.4) is 0 Å². The molecule has 0 aromatic rings. The molecule has 0 atom stereocenters. The minimum atomic E-state index is -2.75. The second kappa shape index (κ2) is 24.6. The summed E-state index contributed by atoms with van der Waals surface area (Å²) in [6.07, 6.45) is 42.1. The summed E-state index contributed by atoms with van der Waals surface area (Å²) in [6, 6.07) is 0. The second-order valence-electron chi connectivity index (χ2n) is 21.4. The topological polar surface area (TPSA) is 75.4 Å². The number of hydrogen-bond acceptors (Lipinski definition) is 12. The molecule has 0 bridgehead atoms. The number of hydrogen-bond donors (Lipinski definition) is 0. The van der Waals surface area contributed by atoms with E-state index in [2.05, 4.69) is 37.4 Å². The van der Waals surface area contributed by atoms with E-state index in [0.717, 1.165) is 105 Å². The summed E-state index contributed by atoms with van der Waals surface area (Å²) in [5.74, 6) is 0. The molecule has 0 aliphatic carbocycles. The first kappa shape index (κ1) is 49.6. The predicted molar refractivity (Wildman–Crippen MR) is 278 cm³/mol. The van der Waals surface area contributed by atoms with Crippen LogP contribution >= 0.6 is 30.0 Å². The van der Waals surface area contributed by atoms with Gasteiger partial charge in [0.05, 0.1) is 0 Å². The summed E-state index contributed by atoms with van der Waals surface area (Å²) in [7, 11) is -11.0. The SMILES string of the molecule is C1CCCN(P2(N3CCCCCC3)=NP(N3CCCCCC3)(N3CCCCCC3)=NP(N3CCCCCC3)(N3CCCCCC3)=NP(N3CCCCCC3)(N3CCCCCC3)=N2)CC1. The lowest BCUT2D eigenvalue weighted by atomic mass is 10.2. The van der Waals surface area contributed by atoms with E-state index in [1.807, 2.05) is 0 Å². The fraction of sp³-hybridized carbons (Fsp3) is 1.00. The van der Waals surface area contributed by atoms with Gasteiger partial charge in [0.1, 0.15) is 0 Å². The Labute approximate surface area is 394 Å². The molecule has 0 radical (unpaired) electrons. The van der Waals surface area contributed by atoms with Crippen LogP contribution in [-0.2, 0) is 0 Å². The molecule has 12 nitrogen and oxygen atoms in total. The summed E-state index contributed by atoms with van der Waals surface area (Å²) in [4.78, 5) is 0. The van der Waals surface area contributed by atoms with Crippen molar-refractivity contribution in [2.75, 3.05) is 105 Å². The van der Waals surface area contributed by atoms with Crippen molar-refractivity contribution in [2.24, 2.45) is 18.1 Å². The Balaban J connectivity index is 1.48. The third kappa shape index (κ3) is 11.4. The van der Waals surface area contributed by atoms with Crippen molar-refractivity contribution in [1.29, 1.82) is 0 Å². The van der Waals surface area contributed by atoms with Crippen LogP contribution in [0.4, 0.5) is 0 Å². The van der Waals surface area contributed by atoms with Gasteiger partial charge in [-0.15, -0.1) is 0 Å². The lowest BCUT2D eigenvalue weighted by Gasteiger charge is -2.53. The van der Waals surface area contributed by atoms with Gasteiger partial charge in [-0.3, -0.25) is 0 Å². The van der Waals surface area contributed by atoms with Gasteiger partial charge in [-0.05, 0) is 103 Å². The Morgan fingerprint density at radius 2 is 0.234 bits per heavy atom. The van der Waals surface area contributed by atoms with Gasteiger partial charge in [0.25, 0.3) is 0 Å². The van der Waals surface area contributed by atoms with E-state index in [1.165, 1.54) is 205 Å². The minimum Gasteiger partial charge on any atom is -0.240 e. The molecule has 8 saturated heterocycles. The summed E-state index contributed by atoms with van der Waals surface area (Å²) in [5, 5.41) is 0. The summed E-state index contributed by atoms with van der Waals surface area (Å²) >= 11 is 0. The smallest absolute Gasteiger partial charge is 0.221 e. The predicted octanol–water partition coefficient (Wildman–Crippen LogP) is 14.8. The first-order valence-corrected chi connectivity index (χ1v) is 34.7. The first-order valence-electron chi connectivity index (χ1n) is 28.3. The Bertz CT molecular complexity index is 1270. The third-order valence-corrected chi connectivity index (χ3v) is 33.6. The Kier molecular flexibility index (Phi) is 19.1. The van der Waals surface area contributed by atoms with E-state index in [-0.39, 0.29) is 0 Å². The van der Waals surface area contributed by atoms with Gasteiger partial charge >= 0.3 is 0 Å². The highest BCUT2D eigenvalue weighted by molar-refractivity contribution is 7.83. The lowest BCUT2D eigenvalue weighted by molar-refractivity contribution is 0.365. The van der Waals surface area contributed by atoms with Gasteiger partial charge < -0.3 is 0 Å². The molecule has 9 heterocycles. The van der Waals surface area contributed by atoms with Crippen LogP contribution in [0.15, 0.2) is 18.1 Å². The summed E-state index contributed by atoms with van der Waals surface area (Å²) < 4.78 is 53.7. The Morgan fingerprint density at radius 3 is 0.328 bits per heavy atom. The summed E-state index contributed by atoms with van der Waals surface area (Å²) in [6.45, 7) is 18.4. The molecule has 9 rings (SSSR count). The molecule has 64 heavy (non-hydrogen) atoms. The van der Waals surface area contributed by atoms with Crippen LogP contribution in [0.25, 0.3) is 0 Å². The molecular formula is C48H96N12P4. The Hall–Kier alpha value is 0.600. The quantitative estimate of drug-likeness (QED) is 0.223. The molecule has 9 aliphatic heterocycles. The third-order valence-electron chi connectivity index (χ3n) is 16.7. The van der Waals surface area contributed by atoms with Crippen LogP contribution in [0.5, 0.6) is 0 Å². The summed E-state index contributed by atoms with van der Waals surface area (Å²) in [5.41, 5.74) is 0. The number of rotatable bonds is 8. The van der Waals surface area contributed by atoms with Gasteiger partial charge in [0.2, 0.25) is 30.0 Å². The van der Waals surface area contributed by atoms with E-state index >= 15 is 0 Å². The molecule has 0 amide bonds. The zero-order valence-electron chi connectivity index (χ0n) is 41.1. The van der Waals surface area contributed by atoms with Crippen molar-refractivity contribution < 1.29 is 0 Å². The van der Waals surface area contributed by atoms with E-state index in [4.69, 9.17) is 18.1 Å². The molecule has 0 spiro atoms. The van der Waals surface area contributed by atoms with Gasteiger partial charge in [0.15, 0.2) is 0 Å². The molecule has 0 aromatic carbocycles. The van der Waals surface area contributed by atoms with Gasteiger partial charge in [0, 0.05) is 105 Å². The number of nitrogens with zero attached hydrogens (tertiary/aromatic N) is 12. The maximum atomic E-state index is 7.31. The molecule has 0 unspecified atom stereocenters. The van der Waals surface area contributed by atoms with E-state index in [9.17, 15) is 0 Å². The molecule has 0 saturated carbocycles. The van der Waals surface area contributed by atoms with Crippen LogP contribution in [0.2, 0.25) is 0 Å².